The lowest BCUT2D eigenvalue weighted by Gasteiger charge is -2.28. The summed E-state index contributed by atoms with van der Waals surface area (Å²) < 4.78 is 7.46. The van der Waals surface area contributed by atoms with Crippen molar-refractivity contribution in [2.24, 2.45) is 13.0 Å². The van der Waals surface area contributed by atoms with E-state index in [0.717, 1.165) is 32.5 Å². The van der Waals surface area contributed by atoms with E-state index in [4.69, 9.17) is 4.52 Å². The highest BCUT2D eigenvalue weighted by atomic mass is 16.5. The number of hydrogen-bond acceptors (Lipinski definition) is 5. The minimum absolute atomic E-state index is 0.117. The van der Waals surface area contributed by atoms with Gasteiger partial charge in [-0.25, -0.2) is 0 Å². The summed E-state index contributed by atoms with van der Waals surface area (Å²) in [5.41, 5.74) is 1.30. The van der Waals surface area contributed by atoms with Crippen LogP contribution in [0.2, 0.25) is 0 Å². The molecule has 7 heteroatoms. The molecule has 148 valence electrons. The van der Waals surface area contributed by atoms with E-state index >= 15 is 0 Å². The minimum atomic E-state index is 0.117. The Bertz CT molecular complexity index is 751. The Hall–Kier alpha value is -2.15. The van der Waals surface area contributed by atoms with Crippen molar-refractivity contribution in [1.29, 1.82) is 0 Å². The molecule has 1 atom stereocenters. The molecular weight excluding hydrogens is 342 g/mol. The summed E-state index contributed by atoms with van der Waals surface area (Å²) in [5.74, 6) is 1.98. The summed E-state index contributed by atoms with van der Waals surface area (Å²) in [6.07, 6.45) is 4.51. The van der Waals surface area contributed by atoms with Crippen molar-refractivity contribution in [2.75, 3.05) is 19.6 Å². The minimum Gasteiger partial charge on any atom is -0.353 e. The first kappa shape index (κ1) is 19.6. The first-order chi connectivity index (χ1) is 12.9. The molecule has 0 aromatic carbocycles. The van der Waals surface area contributed by atoms with E-state index in [1.165, 1.54) is 5.69 Å². The second kappa shape index (κ2) is 8.69. The van der Waals surface area contributed by atoms with E-state index in [-0.39, 0.29) is 11.9 Å². The molecule has 1 amide bonds. The van der Waals surface area contributed by atoms with E-state index in [9.17, 15) is 4.79 Å². The van der Waals surface area contributed by atoms with Crippen LogP contribution in [0, 0.1) is 5.92 Å². The molecule has 0 bridgehead atoms. The van der Waals surface area contributed by atoms with Gasteiger partial charge in [-0.05, 0) is 24.5 Å². The number of amides is 1. The van der Waals surface area contributed by atoms with Crippen LogP contribution >= 0.6 is 0 Å². The molecule has 0 aliphatic carbocycles. The number of rotatable bonds is 8. The molecule has 3 rings (SSSR count). The van der Waals surface area contributed by atoms with Crippen LogP contribution < -0.4 is 0 Å². The van der Waals surface area contributed by atoms with Crippen LogP contribution in [-0.4, -0.2) is 56.1 Å². The van der Waals surface area contributed by atoms with Crippen molar-refractivity contribution >= 4 is 5.91 Å². The Morgan fingerprint density at radius 3 is 2.93 bits per heavy atom. The van der Waals surface area contributed by atoms with E-state index in [2.05, 4.69) is 58.8 Å². The highest BCUT2D eigenvalue weighted by molar-refractivity contribution is 5.73. The molecule has 0 saturated carbocycles. The van der Waals surface area contributed by atoms with Crippen molar-refractivity contribution in [3.05, 3.63) is 35.7 Å². The maximum absolute atomic E-state index is 12.2. The topological polar surface area (TPSA) is 67.4 Å². The number of aromatic nitrogens is 3. The van der Waals surface area contributed by atoms with Gasteiger partial charge in [-0.3, -0.25) is 9.69 Å². The molecule has 2 aromatic rings. The molecule has 2 aromatic heterocycles. The lowest BCUT2D eigenvalue weighted by Crippen LogP contribution is -2.42. The zero-order valence-corrected chi connectivity index (χ0v) is 16.9. The predicted octanol–water partition coefficient (Wildman–Crippen LogP) is 2.27. The Morgan fingerprint density at radius 1 is 1.44 bits per heavy atom. The number of likely N-dealkylation sites (tertiary alicyclic amines) is 1. The van der Waals surface area contributed by atoms with Crippen molar-refractivity contribution < 1.29 is 9.32 Å². The Labute approximate surface area is 161 Å². The lowest BCUT2D eigenvalue weighted by atomic mass is 10.1. The van der Waals surface area contributed by atoms with Crippen molar-refractivity contribution in [1.82, 2.24) is 24.5 Å². The van der Waals surface area contributed by atoms with Crippen molar-refractivity contribution in [2.45, 2.75) is 52.6 Å². The zero-order valence-electron chi connectivity index (χ0n) is 16.9. The average molecular weight is 374 g/mol. The molecule has 27 heavy (non-hydrogen) atoms. The van der Waals surface area contributed by atoms with Crippen LogP contribution in [-0.2, 0) is 31.2 Å². The molecule has 0 N–H and O–H groups in total. The fourth-order valence-corrected chi connectivity index (χ4v) is 3.74. The monoisotopic (exact) mass is 373 g/mol. The normalized spacial score (nSPS) is 17.7. The molecule has 1 aliphatic heterocycles. The van der Waals surface area contributed by atoms with Crippen molar-refractivity contribution in [3.63, 3.8) is 0 Å². The number of hydrogen-bond donors (Lipinski definition) is 0. The third-order valence-corrected chi connectivity index (χ3v) is 5.20. The van der Waals surface area contributed by atoms with Crippen LogP contribution in [0.4, 0.5) is 0 Å². The summed E-state index contributed by atoms with van der Waals surface area (Å²) in [6, 6.07) is 4.48. The first-order valence-corrected chi connectivity index (χ1v) is 9.83. The second-order valence-electron chi connectivity index (χ2n) is 7.95. The molecule has 0 radical (unpaired) electrons. The van der Waals surface area contributed by atoms with Gasteiger partial charge in [0.1, 0.15) is 0 Å². The standard InChI is InChI=1S/C20H31N5O2/c1-15(2)12-20-21-19(22-27-20)8-11-25(16(3)26)18-7-10-24(14-18)13-17-6-5-9-23(17)4/h5-6,9,15,18H,7-8,10-14H2,1-4H3. The highest BCUT2D eigenvalue weighted by Crippen LogP contribution is 2.19. The lowest BCUT2D eigenvalue weighted by molar-refractivity contribution is -0.130. The second-order valence-corrected chi connectivity index (χ2v) is 7.95. The summed E-state index contributed by atoms with van der Waals surface area (Å²) in [6.45, 7) is 9.40. The first-order valence-electron chi connectivity index (χ1n) is 9.83. The van der Waals surface area contributed by atoms with E-state index in [1.807, 2.05) is 4.90 Å². The highest BCUT2D eigenvalue weighted by Gasteiger charge is 2.29. The Balaban J connectivity index is 1.54. The van der Waals surface area contributed by atoms with E-state index in [0.29, 0.717) is 30.6 Å². The maximum atomic E-state index is 12.2. The number of carbonyl (C=O) groups is 1. The van der Waals surface area contributed by atoms with Crippen molar-refractivity contribution in [3.8, 4) is 0 Å². The predicted molar refractivity (Wildman–Crippen MR) is 103 cm³/mol. The third-order valence-electron chi connectivity index (χ3n) is 5.20. The molecule has 0 spiro atoms. The zero-order chi connectivity index (χ0) is 19.4. The van der Waals surface area contributed by atoms with Crippen LogP contribution in [0.1, 0.15) is 44.6 Å². The van der Waals surface area contributed by atoms with Crippen LogP contribution in [0.25, 0.3) is 0 Å². The summed E-state index contributed by atoms with van der Waals surface area (Å²) in [5, 5.41) is 4.06. The van der Waals surface area contributed by atoms with Gasteiger partial charge >= 0.3 is 0 Å². The molecule has 7 nitrogen and oxygen atoms in total. The van der Waals surface area contributed by atoms with E-state index in [1.54, 1.807) is 6.92 Å². The van der Waals surface area contributed by atoms with Gasteiger partial charge in [-0.1, -0.05) is 19.0 Å². The summed E-state index contributed by atoms with van der Waals surface area (Å²) >= 11 is 0. The molecule has 3 heterocycles. The van der Waals surface area contributed by atoms with Crippen LogP contribution in [0.5, 0.6) is 0 Å². The fourth-order valence-electron chi connectivity index (χ4n) is 3.74. The molecule has 1 fully saturated rings. The Morgan fingerprint density at radius 2 is 2.26 bits per heavy atom. The van der Waals surface area contributed by atoms with Gasteiger partial charge < -0.3 is 14.0 Å². The molecule has 1 saturated heterocycles. The van der Waals surface area contributed by atoms with Crippen LogP contribution in [0.3, 0.4) is 0 Å². The SMILES string of the molecule is CC(=O)N(CCc1noc(CC(C)C)n1)C1CCN(Cc2cccn2C)C1. The number of aryl methyl sites for hydroxylation is 1. The van der Waals surface area contributed by atoms with Gasteiger partial charge in [0.15, 0.2) is 5.82 Å². The molecular formula is C20H31N5O2. The molecule has 1 unspecified atom stereocenters. The Kier molecular flexibility index (Phi) is 6.31. The van der Waals surface area contributed by atoms with Gasteiger partial charge in [0.05, 0.1) is 0 Å². The fraction of sp³-hybridized carbons (Fsp3) is 0.650. The number of nitrogens with zero attached hydrogens (tertiary/aromatic N) is 5. The smallest absolute Gasteiger partial charge is 0.226 e. The number of carbonyl (C=O) groups excluding carboxylic acids is 1. The van der Waals surface area contributed by atoms with Gasteiger partial charge in [0, 0.05) is 70.9 Å². The molecule has 1 aliphatic rings. The van der Waals surface area contributed by atoms with Gasteiger partial charge in [0.2, 0.25) is 11.8 Å². The van der Waals surface area contributed by atoms with Gasteiger partial charge in [0.25, 0.3) is 0 Å². The van der Waals surface area contributed by atoms with Crippen LogP contribution in [0.15, 0.2) is 22.9 Å². The maximum Gasteiger partial charge on any atom is 0.226 e. The summed E-state index contributed by atoms with van der Waals surface area (Å²) in [7, 11) is 2.07. The average Bonchev–Trinajstić information content (AvgIpc) is 3.31. The van der Waals surface area contributed by atoms with E-state index < -0.39 is 0 Å². The van der Waals surface area contributed by atoms with Gasteiger partial charge in [-0.15, -0.1) is 0 Å². The summed E-state index contributed by atoms with van der Waals surface area (Å²) in [4.78, 5) is 21.1. The quantitative estimate of drug-likeness (QED) is 0.710. The van der Waals surface area contributed by atoms with Gasteiger partial charge in [-0.2, -0.15) is 4.98 Å². The third kappa shape index (κ3) is 5.19. The largest absolute Gasteiger partial charge is 0.353 e.